The lowest BCUT2D eigenvalue weighted by Crippen LogP contribution is -2.45. The van der Waals surface area contributed by atoms with Gasteiger partial charge in [-0.15, -0.1) is 0 Å². The molecule has 2 rings (SSSR count). The molecule has 0 fully saturated rings. The molecule has 0 radical (unpaired) electrons. The third-order valence-electron chi connectivity index (χ3n) is 3.17. The molecule has 1 N–H and O–H groups in total. The summed E-state index contributed by atoms with van der Waals surface area (Å²) in [5.41, 5.74) is 1.02. The van der Waals surface area contributed by atoms with Gasteiger partial charge in [0.05, 0.1) is 6.26 Å². The maximum Gasteiger partial charge on any atom is 0.287 e. The highest BCUT2D eigenvalue weighted by Gasteiger charge is 2.21. The van der Waals surface area contributed by atoms with E-state index in [1.807, 2.05) is 24.3 Å². The molecule has 2 aromatic rings. The quantitative estimate of drug-likeness (QED) is 0.886. The van der Waals surface area contributed by atoms with Gasteiger partial charge in [0.25, 0.3) is 5.91 Å². The summed E-state index contributed by atoms with van der Waals surface area (Å²) in [6.07, 6.45) is 1.42. The van der Waals surface area contributed by atoms with Crippen LogP contribution in [0.25, 0.3) is 0 Å². The molecule has 0 spiro atoms. The number of hydrogen-bond donors (Lipinski definition) is 1. The van der Waals surface area contributed by atoms with Crippen molar-refractivity contribution in [3.05, 3.63) is 58.5 Å². The summed E-state index contributed by atoms with van der Waals surface area (Å²) in [6, 6.07) is 10.3. The van der Waals surface area contributed by atoms with Crippen LogP contribution in [0.1, 0.15) is 23.0 Å². The summed E-state index contributed by atoms with van der Waals surface area (Å²) >= 11 is 3.37. The van der Waals surface area contributed by atoms with E-state index in [-0.39, 0.29) is 11.7 Å². The molecule has 1 heterocycles. The second kappa shape index (κ2) is 7.26. The van der Waals surface area contributed by atoms with Crippen LogP contribution >= 0.6 is 15.9 Å². The fraction of sp³-hybridized carbons (Fsp3) is 0.250. The van der Waals surface area contributed by atoms with Gasteiger partial charge in [0, 0.05) is 18.1 Å². The number of nitrogens with one attached hydrogen (secondary N) is 1. The minimum atomic E-state index is -0.627. The number of nitrogens with zero attached hydrogens (tertiary/aromatic N) is 1. The van der Waals surface area contributed by atoms with Crippen molar-refractivity contribution in [1.82, 2.24) is 10.2 Å². The molecule has 0 saturated heterocycles. The second-order valence-electron chi connectivity index (χ2n) is 4.99. The number of hydrogen-bond acceptors (Lipinski definition) is 3. The zero-order valence-electron chi connectivity index (χ0n) is 12.4. The average Bonchev–Trinajstić information content (AvgIpc) is 3.03. The van der Waals surface area contributed by atoms with Crippen molar-refractivity contribution >= 4 is 27.7 Å². The summed E-state index contributed by atoms with van der Waals surface area (Å²) in [5, 5.41) is 2.63. The van der Waals surface area contributed by atoms with Gasteiger partial charge in [-0.3, -0.25) is 9.59 Å². The number of rotatable bonds is 5. The SMILES string of the molecule is CC(NC(=O)c1ccco1)C(=O)N(C)Cc1ccc(Br)cc1. The minimum Gasteiger partial charge on any atom is -0.459 e. The lowest BCUT2D eigenvalue weighted by molar-refractivity contribution is -0.132. The van der Waals surface area contributed by atoms with Gasteiger partial charge in [0.2, 0.25) is 5.91 Å². The number of carbonyl (C=O) groups is 2. The molecule has 1 aromatic heterocycles. The third kappa shape index (κ3) is 4.21. The third-order valence-corrected chi connectivity index (χ3v) is 3.70. The fourth-order valence-electron chi connectivity index (χ4n) is 2.01. The molecule has 0 aliphatic rings. The summed E-state index contributed by atoms with van der Waals surface area (Å²) in [5.74, 6) is -0.374. The molecular formula is C16H17BrN2O3. The molecule has 2 amide bonds. The largest absolute Gasteiger partial charge is 0.459 e. The first kappa shape index (κ1) is 16.3. The molecule has 1 aromatic carbocycles. The van der Waals surface area contributed by atoms with Gasteiger partial charge in [-0.1, -0.05) is 28.1 Å². The smallest absolute Gasteiger partial charge is 0.287 e. The molecule has 5 nitrogen and oxygen atoms in total. The number of amides is 2. The number of halogens is 1. The zero-order chi connectivity index (χ0) is 16.1. The number of furan rings is 1. The van der Waals surface area contributed by atoms with Crippen molar-refractivity contribution in [2.45, 2.75) is 19.5 Å². The standard InChI is InChI=1S/C16H17BrN2O3/c1-11(18-15(20)14-4-3-9-22-14)16(21)19(2)10-12-5-7-13(17)8-6-12/h3-9,11H,10H2,1-2H3,(H,18,20). The second-order valence-corrected chi connectivity index (χ2v) is 5.91. The van der Waals surface area contributed by atoms with Crippen LogP contribution in [0.15, 0.2) is 51.6 Å². The van der Waals surface area contributed by atoms with Gasteiger partial charge in [0.1, 0.15) is 6.04 Å². The van der Waals surface area contributed by atoms with E-state index < -0.39 is 11.9 Å². The summed E-state index contributed by atoms with van der Waals surface area (Å²) in [4.78, 5) is 25.7. The number of likely N-dealkylation sites (N-methyl/N-ethyl adjacent to an activating group) is 1. The molecule has 0 aliphatic carbocycles. The van der Waals surface area contributed by atoms with Gasteiger partial charge < -0.3 is 14.6 Å². The highest BCUT2D eigenvalue weighted by molar-refractivity contribution is 9.10. The number of carbonyl (C=O) groups excluding carboxylic acids is 2. The van der Waals surface area contributed by atoms with Crippen LogP contribution < -0.4 is 5.32 Å². The Morgan fingerprint density at radius 2 is 1.95 bits per heavy atom. The van der Waals surface area contributed by atoms with E-state index in [1.165, 1.54) is 6.26 Å². The Hall–Kier alpha value is -2.08. The van der Waals surface area contributed by atoms with Gasteiger partial charge in [0.15, 0.2) is 5.76 Å². The molecular weight excluding hydrogens is 348 g/mol. The zero-order valence-corrected chi connectivity index (χ0v) is 14.0. The first-order valence-corrected chi connectivity index (χ1v) is 7.60. The van der Waals surface area contributed by atoms with Gasteiger partial charge in [-0.25, -0.2) is 0 Å². The highest BCUT2D eigenvalue weighted by atomic mass is 79.9. The normalized spacial score (nSPS) is 11.8. The van der Waals surface area contributed by atoms with Crippen LogP contribution in [0.4, 0.5) is 0 Å². The predicted octanol–water partition coefficient (Wildman–Crippen LogP) is 2.82. The van der Waals surface area contributed by atoms with Crippen LogP contribution in [0.3, 0.4) is 0 Å². The monoisotopic (exact) mass is 364 g/mol. The Balaban J connectivity index is 1.92. The van der Waals surface area contributed by atoms with E-state index in [9.17, 15) is 9.59 Å². The number of benzene rings is 1. The van der Waals surface area contributed by atoms with Crippen LogP contribution in [-0.4, -0.2) is 29.8 Å². The lowest BCUT2D eigenvalue weighted by Gasteiger charge is -2.22. The predicted molar refractivity (Wildman–Crippen MR) is 86.3 cm³/mol. The summed E-state index contributed by atoms with van der Waals surface area (Å²) in [7, 11) is 1.71. The Bertz CT molecular complexity index is 638. The Morgan fingerprint density at radius 1 is 1.27 bits per heavy atom. The fourth-order valence-corrected chi connectivity index (χ4v) is 2.27. The van der Waals surface area contributed by atoms with E-state index in [4.69, 9.17) is 4.42 Å². The maximum atomic E-state index is 12.3. The molecule has 0 saturated carbocycles. The van der Waals surface area contributed by atoms with E-state index in [0.717, 1.165) is 10.0 Å². The van der Waals surface area contributed by atoms with Crippen molar-refractivity contribution < 1.29 is 14.0 Å². The lowest BCUT2D eigenvalue weighted by atomic mass is 10.2. The van der Waals surface area contributed by atoms with E-state index in [0.29, 0.717) is 6.54 Å². The summed E-state index contributed by atoms with van der Waals surface area (Å²) in [6.45, 7) is 2.13. The average molecular weight is 365 g/mol. The minimum absolute atomic E-state index is 0.164. The van der Waals surface area contributed by atoms with Crippen molar-refractivity contribution in [3.8, 4) is 0 Å². The van der Waals surface area contributed by atoms with Crippen LogP contribution in [0.2, 0.25) is 0 Å². The molecule has 0 aliphatic heterocycles. The molecule has 1 unspecified atom stereocenters. The Morgan fingerprint density at radius 3 is 2.55 bits per heavy atom. The summed E-state index contributed by atoms with van der Waals surface area (Å²) < 4.78 is 5.99. The van der Waals surface area contributed by atoms with Crippen molar-refractivity contribution in [2.24, 2.45) is 0 Å². The van der Waals surface area contributed by atoms with Crippen molar-refractivity contribution in [1.29, 1.82) is 0 Å². The van der Waals surface area contributed by atoms with Crippen molar-refractivity contribution in [2.75, 3.05) is 7.05 Å². The molecule has 1 atom stereocenters. The topological polar surface area (TPSA) is 62.6 Å². The van der Waals surface area contributed by atoms with Crippen LogP contribution in [-0.2, 0) is 11.3 Å². The Labute approximate surface area is 137 Å². The first-order chi connectivity index (χ1) is 10.5. The van der Waals surface area contributed by atoms with E-state index >= 15 is 0 Å². The molecule has 116 valence electrons. The first-order valence-electron chi connectivity index (χ1n) is 6.81. The molecule has 22 heavy (non-hydrogen) atoms. The van der Waals surface area contributed by atoms with E-state index in [1.54, 1.807) is 31.0 Å². The maximum absolute atomic E-state index is 12.3. The Kier molecular flexibility index (Phi) is 5.38. The van der Waals surface area contributed by atoms with E-state index in [2.05, 4.69) is 21.2 Å². The van der Waals surface area contributed by atoms with Crippen molar-refractivity contribution in [3.63, 3.8) is 0 Å². The van der Waals surface area contributed by atoms with Gasteiger partial charge >= 0.3 is 0 Å². The molecule has 0 bridgehead atoms. The molecule has 6 heteroatoms. The van der Waals surface area contributed by atoms with Gasteiger partial charge in [-0.2, -0.15) is 0 Å². The van der Waals surface area contributed by atoms with Crippen LogP contribution in [0, 0.1) is 0 Å². The highest BCUT2D eigenvalue weighted by Crippen LogP contribution is 2.12. The van der Waals surface area contributed by atoms with Gasteiger partial charge in [-0.05, 0) is 36.8 Å². The van der Waals surface area contributed by atoms with Crippen LogP contribution in [0.5, 0.6) is 0 Å².